The highest BCUT2D eigenvalue weighted by atomic mass is 35.5. The third-order valence-corrected chi connectivity index (χ3v) is 3.43. The summed E-state index contributed by atoms with van der Waals surface area (Å²) >= 11 is 0. The molecule has 1 aromatic rings. The maximum absolute atomic E-state index is 11.7. The molecule has 0 spiro atoms. The van der Waals surface area contributed by atoms with E-state index >= 15 is 0 Å². The zero-order valence-corrected chi connectivity index (χ0v) is 13.3. The van der Waals surface area contributed by atoms with Gasteiger partial charge in [-0.05, 0) is 38.6 Å². The summed E-state index contributed by atoms with van der Waals surface area (Å²) < 4.78 is 0. The molecule has 4 nitrogen and oxygen atoms in total. The first kappa shape index (κ1) is 19.0. The number of carbonyl (C=O) groups is 1. The van der Waals surface area contributed by atoms with Crippen molar-refractivity contribution >= 4 is 36.4 Å². The molecule has 2 rings (SSSR count). The lowest BCUT2D eigenvalue weighted by molar-refractivity contribution is -0.119. The Morgan fingerprint density at radius 1 is 1.30 bits per heavy atom. The second-order valence-corrected chi connectivity index (χ2v) is 4.80. The Morgan fingerprint density at radius 3 is 2.60 bits per heavy atom. The van der Waals surface area contributed by atoms with E-state index in [-0.39, 0.29) is 30.7 Å². The van der Waals surface area contributed by atoms with Gasteiger partial charge in [-0.1, -0.05) is 18.2 Å². The molecule has 2 N–H and O–H groups in total. The molecule has 114 valence electrons. The molecule has 6 heteroatoms. The van der Waals surface area contributed by atoms with Gasteiger partial charge >= 0.3 is 0 Å². The lowest BCUT2D eigenvalue weighted by Gasteiger charge is -2.19. The van der Waals surface area contributed by atoms with Crippen LogP contribution in [-0.2, 0) is 4.79 Å². The third-order valence-electron chi connectivity index (χ3n) is 3.43. The molecule has 20 heavy (non-hydrogen) atoms. The van der Waals surface area contributed by atoms with E-state index in [1.807, 2.05) is 30.3 Å². The molecule has 1 amide bonds. The highest BCUT2D eigenvalue weighted by Crippen LogP contribution is 2.13. The van der Waals surface area contributed by atoms with Crippen LogP contribution in [0.2, 0.25) is 0 Å². The van der Waals surface area contributed by atoms with Crippen LogP contribution in [-0.4, -0.2) is 43.5 Å². The van der Waals surface area contributed by atoms with Crippen LogP contribution >= 0.6 is 24.8 Å². The fourth-order valence-electron chi connectivity index (χ4n) is 2.27. The number of hydrogen-bond donors (Lipinski definition) is 2. The number of anilines is 1. The van der Waals surface area contributed by atoms with Crippen LogP contribution in [0.15, 0.2) is 30.3 Å². The van der Waals surface area contributed by atoms with Gasteiger partial charge < -0.3 is 15.5 Å². The summed E-state index contributed by atoms with van der Waals surface area (Å²) in [5, 5.41) is 6.09. The van der Waals surface area contributed by atoms with Crippen molar-refractivity contribution in [2.24, 2.45) is 0 Å². The molecule has 1 unspecified atom stereocenters. The number of nitrogens with one attached hydrogen (secondary N) is 2. The van der Waals surface area contributed by atoms with Gasteiger partial charge in [-0.25, -0.2) is 0 Å². The molecule has 1 aromatic carbocycles. The van der Waals surface area contributed by atoms with Gasteiger partial charge in [-0.3, -0.25) is 4.79 Å². The predicted molar refractivity (Wildman–Crippen MR) is 88.1 cm³/mol. The summed E-state index contributed by atoms with van der Waals surface area (Å²) in [6, 6.07) is 10.3. The molecule has 1 fully saturated rings. The fraction of sp³-hybridized carbons (Fsp3) is 0.500. The molecule has 0 aromatic heterocycles. The average molecular weight is 320 g/mol. The second-order valence-electron chi connectivity index (χ2n) is 4.80. The minimum absolute atomic E-state index is 0. The Labute approximate surface area is 133 Å². The molecule has 1 saturated heterocycles. The van der Waals surface area contributed by atoms with Gasteiger partial charge in [-0.15, -0.1) is 24.8 Å². The molecule has 1 aliphatic rings. The van der Waals surface area contributed by atoms with Gasteiger partial charge in [0.1, 0.15) is 0 Å². The zero-order valence-electron chi connectivity index (χ0n) is 11.7. The lowest BCUT2D eigenvalue weighted by Crippen LogP contribution is -2.40. The number of hydrogen-bond acceptors (Lipinski definition) is 3. The van der Waals surface area contributed by atoms with Crippen molar-refractivity contribution in [2.45, 2.75) is 18.9 Å². The van der Waals surface area contributed by atoms with Crippen molar-refractivity contribution in [3.05, 3.63) is 30.3 Å². The Hall–Kier alpha value is -0.970. The normalized spacial score (nSPS) is 17.8. The van der Waals surface area contributed by atoms with Crippen molar-refractivity contribution < 1.29 is 4.79 Å². The largest absolute Gasteiger partial charge is 0.376 e. The van der Waals surface area contributed by atoms with Crippen LogP contribution in [0.25, 0.3) is 0 Å². The van der Waals surface area contributed by atoms with Gasteiger partial charge in [0, 0.05) is 18.3 Å². The van der Waals surface area contributed by atoms with E-state index in [4.69, 9.17) is 0 Å². The number of benzene rings is 1. The van der Waals surface area contributed by atoms with Crippen molar-refractivity contribution in [3.63, 3.8) is 0 Å². The number of likely N-dealkylation sites (N-methyl/N-ethyl adjacent to an activating group) is 1. The SMILES string of the molecule is CN1CCCC1CNC(=O)CNc1ccccc1.Cl.Cl. The number of carbonyl (C=O) groups excluding carboxylic acids is 1. The van der Waals surface area contributed by atoms with Gasteiger partial charge in [0.2, 0.25) is 5.91 Å². The Morgan fingerprint density at radius 2 is 2.00 bits per heavy atom. The number of rotatable bonds is 5. The monoisotopic (exact) mass is 319 g/mol. The minimum atomic E-state index is 0. The van der Waals surface area contributed by atoms with E-state index in [0.717, 1.165) is 18.8 Å². The number of likely N-dealkylation sites (tertiary alicyclic amines) is 1. The smallest absolute Gasteiger partial charge is 0.239 e. The van der Waals surface area contributed by atoms with Crippen LogP contribution in [0.4, 0.5) is 5.69 Å². The number of para-hydroxylation sites is 1. The predicted octanol–water partition coefficient (Wildman–Crippen LogP) is 2.15. The zero-order chi connectivity index (χ0) is 12.8. The molecule has 0 aliphatic carbocycles. The highest BCUT2D eigenvalue weighted by molar-refractivity contribution is 5.85. The van der Waals surface area contributed by atoms with Gasteiger partial charge in [0.05, 0.1) is 6.54 Å². The first-order valence-corrected chi connectivity index (χ1v) is 6.51. The standard InChI is InChI=1S/C14H21N3O.2ClH/c1-17-9-5-8-13(17)10-16-14(18)11-15-12-6-3-2-4-7-12;;/h2-4,6-7,13,15H,5,8-11H2,1H3,(H,16,18);2*1H. The average Bonchev–Trinajstić information content (AvgIpc) is 2.81. The lowest BCUT2D eigenvalue weighted by atomic mass is 10.2. The number of nitrogens with zero attached hydrogens (tertiary/aromatic N) is 1. The number of halogens is 2. The molecule has 0 saturated carbocycles. The molecule has 1 aliphatic heterocycles. The maximum atomic E-state index is 11.7. The van der Waals surface area contributed by atoms with E-state index in [2.05, 4.69) is 22.6 Å². The van der Waals surface area contributed by atoms with E-state index < -0.39 is 0 Å². The Balaban J connectivity index is 0.00000180. The Bertz CT molecular complexity index is 389. The van der Waals surface area contributed by atoms with Gasteiger partial charge in [0.25, 0.3) is 0 Å². The van der Waals surface area contributed by atoms with E-state index in [0.29, 0.717) is 12.6 Å². The third kappa shape index (κ3) is 5.99. The second kappa shape index (κ2) is 9.86. The summed E-state index contributed by atoms with van der Waals surface area (Å²) in [5.41, 5.74) is 0.977. The molecular formula is C14H23Cl2N3O. The molecule has 0 radical (unpaired) electrons. The van der Waals surface area contributed by atoms with Crippen LogP contribution in [0, 0.1) is 0 Å². The van der Waals surface area contributed by atoms with E-state index in [9.17, 15) is 4.79 Å². The van der Waals surface area contributed by atoms with Gasteiger partial charge in [-0.2, -0.15) is 0 Å². The van der Waals surface area contributed by atoms with Crippen molar-refractivity contribution in [1.29, 1.82) is 0 Å². The summed E-state index contributed by atoms with van der Waals surface area (Å²) in [5.74, 6) is 0.0548. The highest BCUT2D eigenvalue weighted by Gasteiger charge is 2.20. The maximum Gasteiger partial charge on any atom is 0.239 e. The first-order chi connectivity index (χ1) is 8.75. The fourth-order valence-corrected chi connectivity index (χ4v) is 2.27. The number of amides is 1. The quantitative estimate of drug-likeness (QED) is 0.874. The first-order valence-electron chi connectivity index (χ1n) is 6.51. The van der Waals surface area contributed by atoms with Crippen molar-refractivity contribution in [2.75, 3.05) is 32.0 Å². The Kier molecular flexibility index (Phi) is 9.38. The van der Waals surface area contributed by atoms with Crippen LogP contribution < -0.4 is 10.6 Å². The summed E-state index contributed by atoms with van der Waals surface area (Å²) in [6.07, 6.45) is 2.42. The van der Waals surface area contributed by atoms with Gasteiger partial charge in [0.15, 0.2) is 0 Å². The topological polar surface area (TPSA) is 44.4 Å². The molecule has 0 bridgehead atoms. The molecule has 1 atom stereocenters. The summed E-state index contributed by atoms with van der Waals surface area (Å²) in [4.78, 5) is 14.0. The summed E-state index contributed by atoms with van der Waals surface area (Å²) in [7, 11) is 2.12. The van der Waals surface area contributed by atoms with Crippen molar-refractivity contribution in [1.82, 2.24) is 10.2 Å². The molecule has 1 heterocycles. The van der Waals surface area contributed by atoms with Crippen molar-refractivity contribution in [3.8, 4) is 0 Å². The minimum Gasteiger partial charge on any atom is -0.376 e. The van der Waals surface area contributed by atoms with Crippen LogP contribution in [0.5, 0.6) is 0 Å². The van der Waals surface area contributed by atoms with E-state index in [1.165, 1.54) is 12.8 Å². The van der Waals surface area contributed by atoms with Crippen LogP contribution in [0.3, 0.4) is 0 Å². The van der Waals surface area contributed by atoms with E-state index in [1.54, 1.807) is 0 Å². The molecular weight excluding hydrogens is 297 g/mol. The summed E-state index contributed by atoms with van der Waals surface area (Å²) in [6.45, 7) is 2.23. The van der Waals surface area contributed by atoms with Crippen LogP contribution in [0.1, 0.15) is 12.8 Å².